The van der Waals surface area contributed by atoms with E-state index < -0.39 is 18.1 Å². The van der Waals surface area contributed by atoms with Crippen LogP contribution >= 0.6 is 15.9 Å². The minimum absolute atomic E-state index is 0.0468. The Bertz CT molecular complexity index is 441. The second-order valence-corrected chi connectivity index (χ2v) is 4.05. The number of carbonyl (C=O) groups is 1. The van der Waals surface area contributed by atoms with Crippen LogP contribution in [0.2, 0.25) is 0 Å². The second kappa shape index (κ2) is 6.63. The molecule has 1 heterocycles. The third-order valence-electron chi connectivity index (χ3n) is 2.21. The van der Waals surface area contributed by atoms with E-state index in [1.54, 1.807) is 6.92 Å². The number of nitrogens with two attached hydrogens (primary N) is 1. The molecule has 0 spiro atoms. The van der Waals surface area contributed by atoms with E-state index in [-0.39, 0.29) is 24.4 Å². The predicted molar refractivity (Wildman–Crippen MR) is 66.6 cm³/mol. The molecule has 0 aliphatic rings. The predicted octanol–water partition coefficient (Wildman–Crippen LogP) is 2.60. The summed E-state index contributed by atoms with van der Waals surface area (Å²) in [5.74, 6) is -0.504. The average molecular weight is 323 g/mol. The molecule has 0 bridgehead atoms. The molecule has 0 saturated carbocycles. The highest BCUT2D eigenvalue weighted by atomic mass is 79.9. The number of nitrogens with zero attached hydrogens (tertiary/aromatic N) is 1. The van der Waals surface area contributed by atoms with Crippen LogP contribution in [0.4, 0.5) is 14.5 Å². The van der Waals surface area contributed by atoms with Gasteiger partial charge in [-0.25, -0.2) is 13.8 Å². The van der Waals surface area contributed by atoms with Crippen LogP contribution in [0.15, 0.2) is 6.07 Å². The highest BCUT2D eigenvalue weighted by Gasteiger charge is 2.18. The van der Waals surface area contributed by atoms with Gasteiger partial charge in [0.05, 0.1) is 24.4 Å². The van der Waals surface area contributed by atoms with E-state index in [4.69, 9.17) is 10.5 Å². The third kappa shape index (κ3) is 3.63. The SMILES string of the molecule is CCOC(=O)Cc1cc(CBr)c(N)c(C(F)F)n1. The largest absolute Gasteiger partial charge is 0.466 e. The highest BCUT2D eigenvalue weighted by Crippen LogP contribution is 2.28. The molecule has 7 heteroatoms. The first-order valence-electron chi connectivity index (χ1n) is 5.27. The molecule has 0 unspecified atom stereocenters. The Balaban J connectivity index is 3.06. The lowest BCUT2D eigenvalue weighted by Crippen LogP contribution is -2.12. The van der Waals surface area contributed by atoms with E-state index in [9.17, 15) is 13.6 Å². The van der Waals surface area contributed by atoms with Gasteiger partial charge in [-0.05, 0) is 18.6 Å². The van der Waals surface area contributed by atoms with Crippen molar-refractivity contribution in [2.75, 3.05) is 12.3 Å². The minimum atomic E-state index is -2.77. The van der Waals surface area contributed by atoms with Gasteiger partial charge < -0.3 is 10.5 Å². The number of aromatic nitrogens is 1. The molecule has 1 aromatic heterocycles. The van der Waals surface area contributed by atoms with E-state index in [0.29, 0.717) is 10.9 Å². The number of nitrogen functional groups attached to an aromatic ring is 1. The summed E-state index contributed by atoms with van der Waals surface area (Å²) in [4.78, 5) is 15.0. The van der Waals surface area contributed by atoms with E-state index in [0.717, 1.165) is 0 Å². The van der Waals surface area contributed by atoms with Crippen LogP contribution in [0, 0.1) is 0 Å². The maximum Gasteiger partial charge on any atom is 0.311 e. The summed E-state index contributed by atoms with van der Waals surface area (Å²) in [6, 6.07) is 1.52. The second-order valence-electron chi connectivity index (χ2n) is 3.49. The van der Waals surface area contributed by atoms with Crippen LogP contribution in [0.5, 0.6) is 0 Å². The Hall–Kier alpha value is -1.24. The first-order valence-corrected chi connectivity index (χ1v) is 6.39. The van der Waals surface area contributed by atoms with Crippen molar-refractivity contribution in [2.24, 2.45) is 0 Å². The van der Waals surface area contributed by atoms with Crippen molar-refractivity contribution in [3.8, 4) is 0 Å². The maximum atomic E-state index is 12.7. The van der Waals surface area contributed by atoms with Gasteiger partial charge in [0.2, 0.25) is 0 Å². The summed E-state index contributed by atoms with van der Waals surface area (Å²) in [6.45, 7) is 1.91. The van der Waals surface area contributed by atoms with Gasteiger partial charge in [-0.2, -0.15) is 0 Å². The molecule has 2 N–H and O–H groups in total. The zero-order valence-electron chi connectivity index (χ0n) is 9.75. The fourth-order valence-electron chi connectivity index (χ4n) is 1.42. The van der Waals surface area contributed by atoms with Crippen molar-refractivity contribution in [1.29, 1.82) is 0 Å². The summed E-state index contributed by atoms with van der Waals surface area (Å²) in [5.41, 5.74) is 5.74. The lowest BCUT2D eigenvalue weighted by Gasteiger charge is -2.11. The Labute approximate surface area is 112 Å². The molecular weight excluding hydrogens is 310 g/mol. The van der Waals surface area contributed by atoms with Gasteiger partial charge >= 0.3 is 5.97 Å². The summed E-state index contributed by atoms with van der Waals surface area (Å²) in [5, 5.41) is 0.316. The number of ether oxygens (including phenoxy) is 1. The van der Waals surface area contributed by atoms with Gasteiger partial charge in [-0.3, -0.25) is 4.79 Å². The molecule has 1 aromatic rings. The molecule has 4 nitrogen and oxygen atoms in total. The molecule has 1 rings (SSSR count). The van der Waals surface area contributed by atoms with Gasteiger partial charge in [0.25, 0.3) is 6.43 Å². The Kier molecular flexibility index (Phi) is 5.46. The van der Waals surface area contributed by atoms with Gasteiger partial charge in [-0.15, -0.1) is 0 Å². The number of carbonyl (C=O) groups excluding carboxylic acids is 1. The standard InChI is InChI=1S/C11H13BrF2N2O2/c1-2-18-8(17)4-7-3-6(5-12)9(15)10(16-7)11(13)14/h3,11H,2,4-5,15H2,1H3. The van der Waals surface area contributed by atoms with Crippen LogP contribution < -0.4 is 5.73 Å². The lowest BCUT2D eigenvalue weighted by molar-refractivity contribution is -0.142. The minimum Gasteiger partial charge on any atom is -0.466 e. The monoisotopic (exact) mass is 322 g/mol. The number of esters is 1. The number of pyridine rings is 1. The van der Waals surface area contributed by atoms with Crippen LogP contribution in [0.1, 0.15) is 30.3 Å². The molecule has 0 aliphatic carbocycles. The average Bonchev–Trinajstić information content (AvgIpc) is 2.31. The Morgan fingerprint density at radius 1 is 1.61 bits per heavy atom. The molecular formula is C11H13BrF2N2O2. The van der Waals surface area contributed by atoms with Crippen LogP contribution in [-0.2, 0) is 21.3 Å². The molecule has 100 valence electrons. The summed E-state index contributed by atoms with van der Waals surface area (Å²) < 4.78 is 30.2. The normalized spacial score (nSPS) is 10.7. The van der Waals surface area contributed by atoms with E-state index in [1.165, 1.54) is 6.07 Å². The molecule has 0 saturated heterocycles. The van der Waals surface area contributed by atoms with Gasteiger partial charge in [0.1, 0.15) is 5.69 Å². The summed E-state index contributed by atoms with van der Waals surface area (Å²) in [6.07, 6.45) is -2.92. The Morgan fingerprint density at radius 2 is 2.28 bits per heavy atom. The highest BCUT2D eigenvalue weighted by molar-refractivity contribution is 9.08. The van der Waals surface area contributed by atoms with Crippen molar-refractivity contribution < 1.29 is 18.3 Å². The number of halogens is 3. The van der Waals surface area contributed by atoms with Crippen LogP contribution in [0.25, 0.3) is 0 Å². The fourth-order valence-corrected chi connectivity index (χ4v) is 1.88. The summed E-state index contributed by atoms with van der Waals surface area (Å²) in [7, 11) is 0. The molecule has 0 atom stereocenters. The molecule has 0 aromatic carbocycles. The first-order chi connectivity index (χ1) is 8.49. The van der Waals surface area contributed by atoms with Crippen molar-refractivity contribution in [1.82, 2.24) is 4.98 Å². The molecule has 0 fully saturated rings. The van der Waals surface area contributed by atoms with E-state index >= 15 is 0 Å². The van der Waals surface area contributed by atoms with E-state index in [2.05, 4.69) is 20.9 Å². The zero-order chi connectivity index (χ0) is 13.7. The fraction of sp³-hybridized carbons (Fsp3) is 0.455. The zero-order valence-corrected chi connectivity index (χ0v) is 11.3. The topological polar surface area (TPSA) is 65.2 Å². The lowest BCUT2D eigenvalue weighted by atomic mass is 10.1. The van der Waals surface area contributed by atoms with Gasteiger partial charge in [0.15, 0.2) is 0 Å². The van der Waals surface area contributed by atoms with Gasteiger partial charge in [0, 0.05) is 5.33 Å². The van der Waals surface area contributed by atoms with Crippen LogP contribution in [-0.4, -0.2) is 17.6 Å². The summed E-state index contributed by atoms with van der Waals surface area (Å²) >= 11 is 3.15. The van der Waals surface area contributed by atoms with E-state index in [1.807, 2.05) is 0 Å². The quantitative estimate of drug-likeness (QED) is 0.668. The molecule has 0 aliphatic heterocycles. The maximum absolute atomic E-state index is 12.7. The number of hydrogen-bond donors (Lipinski definition) is 1. The molecule has 18 heavy (non-hydrogen) atoms. The van der Waals surface area contributed by atoms with Gasteiger partial charge in [-0.1, -0.05) is 15.9 Å². The van der Waals surface area contributed by atoms with Crippen molar-refractivity contribution in [2.45, 2.75) is 25.1 Å². The third-order valence-corrected chi connectivity index (χ3v) is 2.81. The number of alkyl halides is 3. The van der Waals surface area contributed by atoms with Crippen molar-refractivity contribution >= 4 is 27.6 Å². The van der Waals surface area contributed by atoms with Crippen LogP contribution in [0.3, 0.4) is 0 Å². The van der Waals surface area contributed by atoms with Crippen molar-refractivity contribution in [3.63, 3.8) is 0 Å². The Morgan fingerprint density at radius 3 is 2.78 bits per heavy atom. The smallest absolute Gasteiger partial charge is 0.311 e. The molecule has 0 amide bonds. The molecule has 0 radical (unpaired) electrons. The number of rotatable bonds is 5. The first kappa shape index (κ1) is 14.8. The number of anilines is 1. The number of hydrogen-bond acceptors (Lipinski definition) is 4. The van der Waals surface area contributed by atoms with Crippen molar-refractivity contribution in [3.05, 3.63) is 23.0 Å².